The Balaban J connectivity index is 2.38. The average molecular weight is 280 g/mol. The number of aromatic nitrogens is 2. The molecule has 1 fully saturated rings. The lowest BCUT2D eigenvalue weighted by atomic mass is 9.93. The van der Waals surface area contributed by atoms with E-state index in [0.717, 1.165) is 12.8 Å². The zero-order chi connectivity index (χ0) is 14.7. The highest BCUT2D eigenvalue weighted by molar-refractivity contribution is 4.95. The van der Waals surface area contributed by atoms with Crippen LogP contribution in [0.25, 0.3) is 0 Å². The van der Waals surface area contributed by atoms with Crippen molar-refractivity contribution >= 4 is 0 Å². The fourth-order valence-electron chi connectivity index (χ4n) is 2.80. The predicted molar refractivity (Wildman–Crippen MR) is 74.6 cm³/mol. The molecule has 0 radical (unpaired) electrons. The maximum atomic E-state index is 11.9. The van der Waals surface area contributed by atoms with Crippen molar-refractivity contribution in [1.82, 2.24) is 9.55 Å². The third-order valence-electron chi connectivity index (χ3n) is 3.73. The van der Waals surface area contributed by atoms with E-state index in [1.807, 2.05) is 13.0 Å². The number of methoxy groups -OCH3 is 1. The summed E-state index contributed by atoms with van der Waals surface area (Å²) in [6.45, 7) is 5.79. The third-order valence-corrected chi connectivity index (χ3v) is 3.73. The van der Waals surface area contributed by atoms with Gasteiger partial charge in [0.05, 0.1) is 6.10 Å². The second kappa shape index (κ2) is 6.19. The van der Waals surface area contributed by atoms with Crippen molar-refractivity contribution in [3.8, 4) is 0 Å². The highest BCUT2D eigenvalue weighted by atomic mass is 16.6. The number of H-pyrrole nitrogens is 1. The van der Waals surface area contributed by atoms with Crippen LogP contribution in [-0.4, -0.2) is 28.9 Å². The molecule has 1 aromatic rings. The second-order valence-electron chi connectivity index (χ2n) is 4.88. The molecule has 2 heterocycles. The van der Waals surface area contributed by atoms with Crippen molar-refractivity contribution < 1.29 is 9.47 Å². The number of rotatable bonds is 5. The molecule has 0 aliphatic carbocycles. The maximum absolute atomic E-state index is 11.9. The predicted octanol–water partition coefficient (Wildman–Crippen LogP) is 1.05. The molecule has 6 heteroatoms. The zero-order valence-corrected chi connectivity index (χ0v) is 11.7. The molecule has 2 rings (SSSR count). The average Bonchev–Trinajstić information content (AvgIpc) is 2.77. The molecule has 0 bridgehead atoms. The summed E-state index contributed by atoms with van der Waals surface area (Å²) in [4.78, 5) is 25.3. The van der Waals surface area contributed by atoms with Gasteiger partial charge < -0.3 is 9.47 Å². The summed E-state index contributed by atoms with van der Waals surface area (Å²) in [6, 6.07) is 1.30. The van der Waals surface area contributed by atoms with Gasteiger partial charge in [-0.15, -0.1) is 6.58 Å². The van der Waals surface area contributed by atoms with Gasteiger partial charge >= 0.3 is 5.69 Å². The summed E-state index contributed by atoms with van der Waals surface area (Å²) < 4.78 is 12.9. The van der Waals surface area contributed by atoms with Crippen LogP contribution in [0, 0.1) is 5.92 Å². The van der Waals surface area contributed by atoms with Gasteiger partial charge in [-0.05, 0) is 12.8 Å². The van der Waals surface area contributed by atoms with Crippen LogP contribution >= 0.6 is 0 Å². The molecule has 110 valence electrons. The molecule has 1 aliphatic rings. The molecular formula is C14H20N2O4. The Kier molecular flexibility index (Phi) is 4.57. The van der Waals surface area contributed by atoms with E-state index >= 15 is 0 Å². The van der Waals surface area contributed by atoms with Crippen LogP contribution in [0.3, 0.4) is 0 Å². The van der Waals surface area contributed by atoms with E-state index in [-0.39, 0.29) is 18.1 Å². The number of hydrogen-bond donors (Lipinski definition) is 1. The lowest BCUT2D eigenvalue weighted by Gasteiger charge is -2.22. The maximum Gasteiger partial charge on any atom is 0.330 e. The van der Waals surface area contributed by atoms with Gasteiger partial charge in [0.25, 0.3) is 5.56 Å². The molecule has 0 aromatic carbocycles. The van der Waals surface area contributed by atoms with Crippen LogP contribution in [0.4, 0.5) is 0 Å². The molecule has 0 saturated carbocycles. The minimum atomic E-state index is -0.528. The zero-order valence-electron chi connectivity index (χ0n) is 11.7. The molecule has 1 aromatic heterocycles. The van der Waals surface area contributed by atoms with Gasteiger partial charge in [0.1, 0.15) is 6.10 Å². The van der Waals surface area contributed by atoms with E-state index in [2.05, 4.69) is 11.6 Å². The van der Waals surface area contributed by atoms with Crippen LogP contribution in [0.1, 0.15) is 26.0 Å². The fraction of sp³-hybridized carbons (Fsp3) is 0.571. The monoisotopic (exact) mass is 280 g/mol. The Labute approximate surface area is 117 Å². The van der Waals surface area contributed by atoms with E-state index in [4.69, 9.17) is 9.47 Å². The van der Waals surface area contributed by atoms with Crippen LogP contribution in [0.2, 0.25) is 0 Å². The molecule has 1 unspecified atom stereocenters. The first-order chi connectivity index (χ1) is 9.62. The van der Waals surface area contributed by atoms with Crippen LogP contribution < -0.4 is 11.2 Å². The number of allylic oxidation sites excluding steroid dienone is 1. The Morgan fingerprint density at radius 3 is 2.85 bits per heavy atom. The summed E-state index contributed by atoms with van der Waals surface area (Å²) in [6.07, 6.45) is 4.09. The summed E-state index contributed by atoms with van der Waals surface area (Å²) in [7, 11) is 1.60. The number of nitrogens with zero attached hydrogens (tertiary/aromatic N) is 1. The third kappa shape index (κ3) is 2.62. The van der Waals surface area contributed by atoms with E-state index < -0.39 is 17.5 Å². The van der Waals surface area contributed by atoms with Crippen molar-refractivity contribution in [2.24, 2.45) is 5.92 Å². The highest BCUT2D eigenvalue weighted by Crippen LogP contribution is 2.38. The topological polar surface area (TPSA) is 73.3 Å². The molecule has 1 N–H and O–H groups in total. The summed E-state index contributed by atoms with van der Waals surface area (Å²) in [5, 5.41) is 0. The SMILES string of the molecule is C=CC[C@@H]1C(OC)[C@H](n2ccc(=O)[nH]c2=O)O[C@@H]1CC. The number of hydrogen-bond acceptors (Lipinski definition) is 4. The smallest absolute Gasteiger partial charge is 0.330 e. The molecule has 4 atom stereocenters. The van der Waals surface area contributed by atoms with E-state index in [1.54, 1.807) is 7.11 Å². The van der Waals surface area contributed by atoms with Gasteiger partial charge in [-0.1, -0.05) is 13.0 Å². The van der Waals surface area contributed by atoms with Gasteiger partial charge in [-0.25, -0.2) is 4.79 Å². The molecule has 0 amide bonds. The van der Waals surface area contributed by atoms with Gasteiger partial charge in [0.15, 0.2) is 6.23 Å². The van der Waals surface area contributed by atoms with Crippen LogP contribution in [0.15, 0.2) is 34.5 Å². The van der Waals surface area contributed by atoms with Crippen LogP contribution in [-0.2, 0) is 9.47 Å². The molecule has 1 aliphatic heterocycles. The van der Waals surface area contributed by atoms with E-state index in [9.17, 15) is 9.59 Å². The number of ether oxygens (including phenoxy) is 2. The van der Waals surface area contributed by atoms with Gasteiger partial charge in [-0.3, -0.25) is 14.3 Å². The van der Waals surface area contributed by atoms with E-state index in [0.29, 0.717) is 0 Å². The Morgan fingerprint density at radius 2 is 2.30 bits per heavy atom. The lowest BCUT2D eigenvalue weighted by Crippen LogP contribution is -2.36. The van der Waals surface area contributed by atoms with Crippen molar-refractivity contribution in [3.63, 3.8) is 0 Å². The molecular weight excluding hydrogens is 260 g/mol. The Morgan fingerprint density at radius 1 is 1.55 bits per heavy atom. The Hall–Kier alpha value is -1.66. The quantitative estimate of drug-likeness (QED) is 0.818. The first-order valence-electron chi connectivity index (χ1n) is 6.73. The van der Waals surface area contributed by atoms with Gasteiger partial charge in [-0.2, -0.15) is 0 Å². The normalized spacial score (nSPS) is 29.5. The minimum absolute atomic E-state index is 0.00165. The minimum Gasteiger partial charge on any atom is -0.376 e. The van der Waals surface area contributed by atoms with Crippen molar-refractivity contribution in [2.75, 3.05) is 7.11 Å². The summed E-state index contributed by atoms with van der Waals surface area (Å²) >= 11 is 0. The van der Waals surface area contributed by atoms with Crippen molar-refractivity contribution in [2.45, 2.75) is 38.2 Å². The van der Waals surface area contributed by atoms with Crippen LogP contribution in [0.5, 0.6) is 0 Å². The second-order valence-corrected chi connectivity index (χ2v) is 4.88. The standard InChI is InChI=1S/C14H20N2O4/c1-4-6-9-10(5-2)20-13(12(9)19-3)16-8-7-11(17)15-14(16)18/h4,7-10,12-13H,1,5-6H2,2-3H3,(H,15,17,18)/t9-,10+,12?,13+/m0/s1. The fourth-order valence-corrected chi connectivity index (χ4v) is 2.80. The van der Waals surface area contributed by atoms with Crippen molar-refractivity contribution in [3.05, 3.63) is 45.8 Å². The molecule has 6 nitrogen and oxygen atoms in total. The summed E-state index contributed by atoms with van der Waals surface area (Å²) in [5.74, 6) is 0.145. The molecule has 20 heavy (non-hydrogen) atoms. The molecule has 1 saturated heterocycles. The first-order valence-corrected chi connectivity index (χ1v) is 6.73. The van der Waals surface area contributed by atoms with E-state index in [1.165, 1.54) is 16.8 Å². The van der Waals surface area contributed by atoms with Gasteiger partial charge in [0, 0.05) is 25.3 Å². The number of aromatic amines is 1. The van der Waals surface area contributed by atoms with Gasteiger partial charge in [0.2, 0.25) is 0 Å². The van der Waals surface area contributed by atoms with Crippen molar-refractivity contribution in [1.29, 1.82) is 0 Å². The highest BCUT2D eigenvalue weighted by Gasteiger charge is 2.44. The lowest BCUT2D eigenvalue weighted by molar-refractivity contribution is -0.0530. The molecule has 0 spiro atoms. The number of nitrogens with one attached hydrogen (secondary N) is 1. The largest absolute Gasteiger partial charge is 0.376 e. The Bertz CT molecular complexity index is 577. The summed E-state index contributed by atoms with van der Waals surface area (Å²) in [5.41, 5.74) is -0.911. The first kappa shape index (κ1) is 14.7.